The molecule has 16 heavy (non-hydrogen) atoms. The van der Waals surface area contributed by atoms with Crippen LogP contribution in [0.4, 0.5) is 5.82 Å². The van der Waals surface area contributed by atoms with Gasteiger partial charge >= 0.3 is 0 Å². The zero-order chi connectivity index (χ0) is 11.5. The highest BCUT2D eigenvalue weighted by molar-refractivity contribution is 7.16. The lowest BCUT2D eigenvalue weighted by Crippen LogP contribution is -2.24. The van der Waals surface area contributed by atoms with Gasteiger partial charge in [0.2, 0.25) is 11.9 Å². The molecule has 0 radical (unpaired) electrons. The first kappa shape index (κ1) is 11.0. The molecule has 2 unspecified atom stereocenters. The lowest BCUT2D eigenvalue weighted by atomic mass is 10.5. The van der Waals surface area contributed by atoms with E-state index in [1.165, 1.54) is 17.4 Å². The molecule has 2 aromatic heterocycles. The Labute approximate surface area is 94.1 Å². The minimum absolute atomic E-state index is 0.326. The lowest BCUT2D eigenvalue weighted by molar-refractivity contribution is -0.117. The second kappa shape index (κ2) is 4.59. The van der Waals surface area contributed by atoms with Crippen LogP contribution in [-0.2, 0) is 4.74 Å². The van der Waals surface area contributed by atoms with Crippen molar-refractivity contribution in [3.8, 4) is 0 Å². The highest BCUT2D eigenvalue weighted by atomic mass is 31.0. The van der Waals surface area contributed by atoms with Gasteiger partial charge in [-0.15, -0.1) is 14.0 Å². The summed E-state index contributed by atoms with van der Waals surface area (Å²) in [5.74, 6) is 0.326. The van der Waals surface area contributed by atoms with Crippen LogP contribution in [-0.4, -0.2) is 32.3 Å². The van der Waals surface area contributed by atoms with Crippen molar-refractivity contribution in [2.45, 2.75) is 13.2 Å². The van der Waals surface area contributed by atoms with Gasteiger partial charge in [-0.05, 0) is 0 Å². The molecule has 0 aliphatic carbocycles. The van der Waals surface area contributed by atoms with E-state index in [1.54, 1.807) is 6.92 Å². The number of hydrogen-bond acceptors (Lipinski definition) is 6. The van der Waals surface area contributed by atoms with E-state index in [2.05, 4.69) is 24.2 Å². The number of aromatic nitrogens is 4. The van der Waals surface area contributed by atoms with Crippen molar-refractivity contribution in [2.75, 3.05) is 12.1 Å². The molecule has 0 aliphatic heterocycles. The summed E-state index contributed by atoms with van der Waals surface area (Å²) in [7, 11) is 2.45. The number of hydrogen-bond donors (Lipinski definition) is 1. The van der Waals surface area contributed by atoms with Gasteiger partial charge in [0.25, 0.3) is 0 Å². The number of nitrogens with two attached hydrogens (primary N) is 1. The Bertz CT molecular complexity index is 488. The van der Waals surface area contributed by atoms with Gasteiger partial charge in [0.15, 0.2) is 11.3 Å². The highest BCUT2D eigenvalue weighted by Crippen LogP contribution is 2.13. The number of imidazole rings is 1. The maximum absolute atomic E-state index is 5.64. The van der Waals surface area contributed by atoms with Gasteiger partial charge in [-0.1, -0.05) is 0 Å². The second-order valence-corrected chi connectivity index (χ2v) is 3.34. The zero-order valence-electron chi connectivity index (χ0n) is 8.70. The van der Waals surface area contributed by atoms with Crippen LogP contribution in [0.1, 0.15) is 6.92 Å². The molecule has 0 bridgehead atoms. The normalized spacial score (nSPS) is 12.9. The maximum atomic E-state index is 5.64. The van der Waals surface area contributed by atoms with Crippen LogP contribution in [0, 0.1) is 0 Å². The SMILES string of the molecule is CC(OCP)On1cnc2c(N)ncnc21. The summed E-state index contributed by atoms with van der Waals surface area (Å²) >= 11 is 0. The van der Waals surface area contributed by atoms with E-state index in [9.17, 15) is 0 Å². The molecular formula is C8H12N5O2P. The van der Waals surface area contributed by atoms with Crippen LogP contribution in [0.3, 0.4) is 0 Å². The molecule has 0 amide bonds. The van der Waals surface area contributed by atoms with E-state index >= 15 is 0 Å². The Hall–Kier alpha value is -1.46. The van der Waals surface area contributed by atoms with Crippen molar-refractivity contribution in [3.05, 3.63) is 12.7 Å². The predicted octanol–water partition coefficient (Wildman–Crippen LogP) is 0.0323. The van der Waals surface area contributed by atoms with Crippen LogP contribution >= 0.6 is 9.24 Å². The number of fused-ring (bicyclic) bond motifs is 1. The van der Waals surface area contributed by atoms with Gasteiger partial charge in [0.1, 0.15) is 12.7 Å². The van der Waals surface area contributed by atoms with Crippen molar-refractivity contribution in [3.63, 3.8) is 0 Å². The van der Waals surface area contributed by atoms with Gasteiger partial charge in [0, 0.05) is 6.92 Å². The van der Waals surface area contributed by atoms with E-state index in [1.807, 2.05) is 0 Å². The number of nitrogens with zero attached hydrogens (tertiary/aromatic N) is 4. The number of rotatable bonds is 4. The summed E-state index contributed by atoms with van der Waals surface area (Å²) in [5, 5.41) is 0. The molecule has 0 fully saturated rings. The Morgan fingerprint density at radius 2 is 2.31 bits per heavy atom. The van der Waals surface area contributed by atoms with E-state index in [0.717, 1.165) is 0 Å². The van der Waals surface area contributed by atoms with E-state index < -0.39 is 6.29 Å². The third kappa shape index (κ3) is 2.05. The topological polar surface area (TPSA) is 88.1 Å². The van der Waals surface area contributed by atoms with Crippen molar-refractivity contribution >= 4 is 26.2 Å². The first-order valence-corrected chi connectivity index (χ1v) is 5.46. The summed E-state index contributed by atoms with van der Waals surface area (Å²) in [6, 6.07) is 0. The third-order valence-corrected chi connectivity index (χ3v) is 2.12. The summed E-state index contributed by atoms with van der Waals surface area (Å²) in [6.07, 6.45) is 2.94. The highest BCUT2D eigenvalue weighted by Gasteiger charge is 2.10. The van der Waals surface area contributed by atoms with E-state index in [0.29, 0.717) is 23.3 Å². The molecule has 8 heteroatoms. The molecule has 86 valence electrons. The summed E-state index contributed by atoms with van der Waals surface area (Å²) in [4.78, 5) is 17.4. The third-order valence-electron chi connectivity index (χ3n) is 1.92. The summed E-state index contributed by atoms with van der Waals surface area (Å²) in [6.45, 7) is 1.78. The quantitative estimate of drug-likeness (QED) is 0.600. The molecular weight excluding hydrogens is 229 g/mol. The second-order valence-electron chi connectivity index (χ2n) is 3.01. The first-order chi connectivity index (χ1) is 7.72. The van der Waals surface area contributed by atoms with Crippen molar-refractivity contribution in [1.82, 2.24) is 19.7 Å². The Balaban J connectivity index is 2.28. The average molecular weight is 241 g/mol. The molecule has 2 aromatic rings. The summed E-state index contributed by atoms with van der Waals surface area (Å²) in [5.41, 5.74) is 6.68. The van der Waals surface area contributed by atoms with Crippen LogP contribution in [0.2, 0.25) is 0 Å². The fourth-order valence-corrected chi connectivity index (χ4v) is 1.51. The monoisotopic (exact) mass is 241 g/mol. The maximum Gasteiger partial charge on any atom is 0.222 e. The summed E-state index contributed by atoms with van der Waals surface area (Å²) < 4.78 is 6.63. The van der Waals surface area contributed by atoms with Crippen LogP contribution in [0.15, 0.2) is 12.7 Å². The standard InChI is InChI=1S/C8H12N5O2P/c1-5(14-4-16)15-13-3-12-6-7(9)10-2-11-8(6)13/h2-3,5H,4,16H2,1H3,(H2,9,10,11). The van der Waals surface area contributed by atoms with Crippen LogP contribution in [0.5, 0.6) is 0 Å². The van der Waals surface area contributed by atoms with Crippen molar-refractivity contribution in [1.29, 1.82) is 0 Å². The Morgan fingerprint density at radius 1 is 1.50 bits per heavy atom. The van der Waals surface area contributed by atoms with Gasteiger partial charge in [-0.2, -0.15) is 0 Å². The number of ether oxygens (including phenoxy) is 1. The molecule has 0 aliphatic rings. The van der Waals surface area contributed by atoms with Gasteiger partial charge < -0.3 is 15.3 Å². The minimum Gasteiger partial charge on any atom is -0.382 e. The van der Waals surface area contributed by atoms with Gasteiger partial charge in [-0.3, -0.25) is 0 Å². The minimum atomic E-state index is -0.397. The van der Waals surface area contributed by atoms with Gasteiger partial charge in [-0.25, -0.2) is 15.0 Å². The predicted molar refractivity (Wildman–Crippen MR) is 61.4 cm³/mol. The zero-order valence-corrected chi connectivity index (χ0v) is 9.85. The average Bonchev–Trinajstić information content (AvgIpc) is 2.64. The molecule has 7 nitrogen and oxygen atoms in total. The molecule has 2 rings (SSSR count). The smallest absolute Gasteiger partial charge is 0.222 e. The molecule has 0 aromatic carbocycles. The fraction of sp³-hybridized carbons (Fsp3) is 0.375. The van der Waals surface area contributed by atoms with Crippen LogP contribution < -0.4 is 10.6 Å². The molecule has 0 spiro atoms. The molecule has 2 heterocycles. The van der Waals surface area contributed by atoms with Crippen molar-refractivity contribution < 1.29 is 9.57 Å². The molecule has 0 saturated heterocycles. The number of anilines is 1. The Morgan fingerprint density at radius 3 is 3.06 bits per heavy atom. The van der Waals surface area contributed by atoms with E-state index in [4.69, 9.17) is 15.3 Å². The molecule has 0 saturated carbocycles. The van der Waals surface area contributed by atoms with Crippen molar-refractivity contribution in [2.24, 2.45) is 0 Å². The Kier molecular flexibility index (Phi) is 3.17. The van der Waals surface area contributed by atoms with E-state index in [-0.39, 0.29) is 0 Å². The number of nitrogen functional groups attached to an aromatic ring is 1. The fourth-order valence-electron chi connectivity index (χ4n) is 1.24. The largest absolute Gasteiger partial charge is 0.382 e. The molecule has 2 N–H and O–H groups in total. The lowest BCUT2D eigenvalue weighted by Gasteiger charge is -2.13. The van der Waals surface area contributed by atoms with Gasteiger partial charge in [0.05, 0.1) is 6.35 Å². The van der Waals surface area contributed by atoms with Crippen LogP contribution in [0.25, 0.3) is 11.2 Å². The molecule has 2 atom stereocenters. The first-order valence-electron chi connectivity index (χ1n) is 4.64.